The van der Waals surface area contributed by atoms with Crippen molar-refractivity contribution in [2.45, 2.75) is 31.5 Å². The van der Waals surface area contributed by atoms with Gasteiger partial charge in [-0.3, -0.25) is 0 Å². The van der Waals surface area contributed by atoms with Crippen molar-refractivity contribution in [2.75, 3.05) is 25.5 Å². The Morgan fingerprint density at radius 1 is 1.43 bits per heavy atom. The van der Waals surface area contributed by atoms with E-state index < -0.39 is 30.7 Å². The van der Waals surface area contributed by atoms with Gasteiger partial charge in [-0.15, -0.1) is 0 Å². The third-order valence-corrected chi connectivity index (χ3v) is 3.83. The number of nitrogens with one attached hydrogen (secondary N) is 1. The highest BCUT2D eigenvalue weighted by Gasteiger charge is 2.54. The number of methoxy groups -OCH3 is 1. The molecule has 1 aliphatic rings. The summed E-state index contributed by atoms with van der Waals surface area (Å²) in [4.78, 5) is 17.4. The average Bonchev–Trinajstić information content (AvgIpc) is 2.47. The Balaban J connectivity index is 2.03. The molecule has 1 fully saturated rings. The number of urea groups is 1. The lowest BCUT2D eigenvalue weighted by Gasteiger charge is -2.39. The lowest BCUT2D eigenvalue weighted by atomic mass is 9.91. The molecule has 0 bridgehead atoms. The van der Waals surface area contributed by atoms with E-state index in [9.17, 15) is 23.1 Å². The van der Waals surface area contributed by atoms with Crippen LogP contribution in [-0.2, 0) is 0 Å². The third-order valence-electron chi connectivity index (χ3n) is 3.83. The van der Waals surface area contributed by atoms with E-state index in [1.54, 1.807) is 19.2 Å². The molecule has 128 valence electrons. The smallest absolute Gasteiger partial charge is 0.417 e. The second-order valence-corrected chi connectivity index (χ2v) is 5.52. The van der Waals surface area contributed by atoms with Crippen molar-refractivity contribution in [1.82, 2.24) is 9.88 Å². The van der Waals surface area contributed by atoms with Gasteiger partial charge in [-0.1, -0.05) is 0 Å². The van der Waals surface area contributed by atoms with E-state index in [-0.39, 0.29) is 19.0 Å². The van der Waals surface area contributed by atoms with Crippen LogP contribution in [0.3, 0.4) is 0 Å². The summed E-state index contributed by atoms with van der Waals surface area (Å²) in [5, 5.41) is 12.2. The van der Waals surface area contributed by atoms with E-state index >= 15 is 0 Å². The largest absolute Gasteiger partial charge is 0.480 e. The Kier molecular flexibility index (Phi) is 4.69. The third kappa shape index (κ3) is 3.66. The monoisotopic (exact) mass is 333 g/mol. The molecule has 1 aliphatic heterocycles. The number of aryl methyl sites for hydroxylation is 1. The lowest BCUT2D eigenvalue weighted by Crippen LogP contribution is -2.55. The maximum atomic E-state index is 12.7. The van der Waals surface area contributed by atoms with Crippen LogP contribution in [0.15, 0.2) is 12.3 Å². The predicted octanol–water partition coefficient (Wildman–Crippen LogP) is 2.32. The minimum atomic E-state index is -4.70. The highest BCUT2D eigenvalue weighted by molar-refractivity contribution is 5.90. The van der Waals surface area contributed by atoms with Gasteiger partial charge in [-0.2, -0.15) is 13.2 Å². The zero-order chi connectivity index (χ0) is 17.3. The minimum Gasteiger partial charge on any atom is -0.480 e. The number of hydrogen-bond acceptors (Lipinski definition) is 4. The van der Waals surface area contributed by atoms with Crippen LogP contribution >= 0.6 is 0 Å². The second-order valence-electron chi connectivity index (χ2n) is 5.52. The Morgan fingerprint density at radius 3 is 2.57 bits per heavy atom. The van der Waals surface area contributed by atoms with Crippen molar-refractivity contribution < 1.29 is 27.8 Å². The van der Waals surface area contributed by atoms with Gasteiger partial charge < -0.3 is 20.1 Å². The molecule has 0 radical (unpaired) electrons. The zero-order valence-corrected chi connectivity index (χ0v) is 12.8. The molecule has 2 N–H and O–H groups in total. The maximum Gasteiger partial charge on any atom is 0.417 e. The van der Waals surface area contributed by atoms with Gasteiger partial charge in [0.15, 0.2) is 5.60 Å². The molecule has 2 rings (SSSR count). The molecule has 1 aromatic rings. The minimum absolute atomic E-state index is 0.191. The number of hydrogen-bond donors (Lipinski definition) is 2. The number of nitrogens with zero attached hydrogens (tertiary/aromatic N) is 2. The summed E-state index contributed by atoms with van der Waals surface area (Å²) in [6, 6.07) is 1.10. The van der Waals surface area contributed by atoms with Crippen LogP contribution in [-0.4, -0.2) is 53.0 Å². The van der Waals surface area contributed by atoms with Crippen LogP contribution in [0.4, 0.5) is 23.7 Å². The van der Waals surface area contributed by atoms with Crippen molar-refractivity contribution in [1.29, 1.82) is 0 Å². The highest BCUT2D eigenvalue weighted by Crippen LogP contribution is 2.38. The van der Waals surface area contributed by atoms with Gasteiger partial charge in [0.2, 0.25) is 5.88 Å². The van der Waals surface area contributed by atoms with Crippen LogP contribution in [0, 0.1) is 6.92 Å². The molecule has 23 heavy (non-hydrogen) atoms. The number of alkyl halides is 3. The molecule has 0 atom stereocenters. The number of carbonyl (C=O) groups is 1. The predicted molar refractivity (Wildman–Crippen MR) is 76.4 cm³/mol. The quantitative estimate of drug-likeness (QED) is 0.871. The molecule has 0 spiro atoms. The molecule has 0 saturated carbocycles. The van der Waals surface area contributed by atoms with Gasteiger partial charge >= 0.3 is 12.2 Å². The van der Waals surface area contributed by atoms with Gasteiger partial charge in [0, 0.05) is 32.1 Å². The SMILES string of the molecule is COc1ncc(C)cc1NC(=O)N1CCC(O)(C(F)(F)F)CC1. The summed E-state index contributed by atoms with van der Waals surface area (Å²) < 4.78 is 43.3. The topological polar surface area (TPSA) is 74.7 Å². The van der Waals surface area contributed by atoms with E-state index in [0.717, 1.165) is 5.56 Å². The van der Waals surface area contributed by atoms with Crippen molar-refractivity contribution >= 4 is 11.7 Å². The zero-order valence-electron chi connectivity index (χ0n) is 12.8. The first kappa shape index (κ1) is 17.3. The fourth-order valence-corrected chi connectivity index (χ4v) is 2.37. The summed E-state index contributed by atoms with van der Waals surface area (Å²) in [6.07, 6.45) is -4.22. The van der Waals surface area contributed by atoms with Gasteiger partial charge in [0.1, 0.15) is 5.69 Å². The number of aliphatic hydroxyl groups is 1. The number of rotatable bonds is 2. The number of ether oxygens (including phenoxy) is 1. The molecule has 2 amide bonds. The van der Waals surface area contributed by atoms with Crippen LogP contribution in [0.5, 0.6) is 5.88 Å². The number of piperidine rings is 1. The number of likely N-dealkylation sites (tertiary alicyclic amines) is 1. The van der Waals surface area contributed by atoms with E-state index in [4.69, 9.17) is 4.74 Å². The number of pyridine rings is 1. The molecule has 2 heterocycles. The number of aromatic nitrogens is 1. The number of halogens is 3. The summed E-state index contributed by atoms with van der Waals surface area (Å²) >= 11 is 0. The Morgan fingerprint density at radius 2 is 2.04 bits per heavy atom. The Labute approximate surface area is 131 Å². The first-order chi connectivity index (χ1) is 10.7. The molecule has 0 aromatic carbocycles. The highest BCUT2D eigenvalue weighted by atomic mass is 19.4. The van der Waals surface area contributed by atoms with Crippen molar-refractivity contribution in [3.63, 3.8) is 0 Å². The standard InChI is InChI=1S/C14H18F3N3O3/c1-9-7-10(11(23-2)18-8-9)19-12(21)20-5-3-13(22,4-6-20)14(15,16)17/h7-8,22H,3-6H2,1-2H3,(H,19,21). The number of carbonyl (C=O) groups excluding carboxylic acids is 1. The average molecular weight is 333 g/mol. The summed E-state index contributed by atoms with van der Waals surface area (Å²) in [5.41, 5.74) is -1.59. The first-order valence-corrected chi connectivity index (χ1v) is 7.02. The summed E-state index contributed by atoms with van der Waals surface area (Å²) in [5.74, 6) is 0.216. The van der Waals surface area contributed by atoms with E-state index in [1.165, 1.54) is 12.0 Å². The maximum absolute atomic E-state index is 12.7. The van der Waals surface area contributed by atoms with E-state index in [2.05, 4.69) is 10.3 Å². The molecule has 1 saturated heterocycles. The normalized spacial score (nSPS) is 17.7. The van der Waals surface area contributed by atoms with Gasteiger partial charge in [0.05, 0.1) is 7.11 Å². The van der Waals surface area contributed by atoms with Crippen molar-refractivity contribution in [3.8, 4) is 5.88 Å². The lowest BCUT2D eigenvalue weighted by molar-refractivity contribution is -0.271. The molecular weight excluding hydrogens is 315 g/mol. The summed E-state index contributed by atoms with van der Waals surface area (Å²) in [6.45, 7) is 1.40. The first-order valence-electron chi connectivity index (χ1n) is 7.02. The van der Waals surface area contributed by atoms with Crippen LogP contribution in [0.2, 0.25) is 0 Å². The van der Waals surface area contributed by atoms with Crippen molar-refractivity contribution in [3.05, 3.63) is 17.8 Å². The molecule has 1 aromatic heterocycles. The number of anilines is 1. The van der Waals surface area contributed by atoms with Gasteiger partial charge in [0.25, 0.3) is 0 Å². The van der Waals surface area contributed by atoms with E-state index in [0.29, 0.717) is 5.69 Å². The van der Waals surface area contributed by atoms with E-state index in [1.807, 2.05) is 0 Å². The van der Waals surface area contributed by atoms with Crippen LogP contribution in [0.1, 0.15) is 18.4 Å². The molecule has 0 aliphatic carbocycles. The second kappa shape index (κ2) is 6.23. The number of amides is 2. The fourth-order valence-electron chi connectivity index (χ4n) is 2.37. The van der Waals surface area contributed by atoms with Gasteiger partial charge in [-0.05, 0) is 18.6 Å². The molecule has 6 nitrogen and oxygen atoms in total. The molecule has 9 heteroatoms. The van der Waals surface area contributed by atoms with Gasteiger partial charge in [-0.25, -0.2) is 9.78 Å². The Bertz CT molecular complexity index is 584. The van der Waals surface area contributed by atoms with Crippen molar-refractivity contribution in [2.24, 2.45) is 0 Å². The molecular formula is C14H18F3N3O3. The van der Waals surface area contributed by atoms with Crippen LogP contribution in [0.25, 0.3) is 0 Å². The molecule has 0 unspecified atom stereocenters. The Hall–Kier alpha value is -2.03. The fraction of sp³-hybridized carbons (Fsp3) is 0.571. The summed E-state index contributed by atoms with van der Waals surface area (Å²) in [7, 11) is 1.40. The van der Waals surface area contributed by atoms with Crippen LogP contribution < -0.4 is 10.1 Å².